The van der Waals surface area contributed by atoms with Crippen molar-refractivity contribution in [3.8, 4) is 0 Å². The van der Waals surface area contributed by atoms with Crippen LogP contribution in [0.4, 0.5) is 0 Å². The molecule has 1 heteroatoms. The van der Waals surface area contributed by atoms with Crippen molar-refractivity contribution < 1.29 is 4.74 Å². The molecule has 6 atom stereocenters. The second kappa shape index (κ2) is 11.5. The summed E-state index contributed by atoms with van der Waals surface area (Å²) in [6.07, 6.45) is 5.66. The standard InChI is InChI=1S/C22H46O/c1-11-17(7)21(13-19(9)15(3)4)23-22(18(8)12-2)14-20(10)16(5)6/h15-22H,11-14H2,1-10H3. The first-order chi connectivity index (χ1) is 10.6. The Morgan fingerprint density at radius 2 is 0.826 bits per heavy atom. The lowest BCUT2D eigenvalue weighted by Gasteiger charge is -2.35. The van der Waals surface area contributed by atoms with E-state index >= 15 is 0 Å². The SMILES string of the molecule is CCC(C)C(CC(C)C(C)C)OC(CC(C)C(C)C)C(C)CC. The van der Waals surface area contributed by atoms with Crippen LogP contribution in [-0.2, 0) is 4.74 Å². The summed E-state index contributed by atoms with van der Waals surface area (Å²) < 4.78 is 6.80. The van der Waals surface area contributed by atoms with E-state index in [4.69, 9.17) is 4.74 Å². The van der Waals surface area contributed by atoms with Gasteiger partial charge in [-0.1, -0.05) is 82.1 Å². The van der Waals surface area contributed by atoms with E-state index in [1.54, 1.807) is 0 Å². The molecule has 0 bridgehead atoms. The normalized spacial score (nSPS) is 20.3. The largest absolute Gasteiger partial charge is 0.374 e. The highest BCUT2D eigenvalue weighted by molar-refractivity contribution is 4.77. The Kier molecular flexibility index (Phi) is 11.5. The molecule has 140 valence electrons. The highest BCUT2D eigenvalue weighted by Crippen LogP contribution is 2.30. The predicted molar refractivity (Wildman–Crippen MR) is 105 cm³/mol. The van der Waals surface area contributed by atoms with Crippen molar-refractivity contribution in [3.05, 3.63) is 0 Å². The summed E-state index contributed by atoms with van der Waals surface area (Å²) in [5, 5.41) is 0. The fraction of sp³-hybridized carbons (Fsp3) is 1.00. The zero-order chi connectivity index (χ0) is 18.2. The Labute approximate surface area is 148 Å². The molecule has 0 aliphatic carbocycles. The summed E-state index contributed by atoms with van der Waals surface area (Å²) in [4.78, 5) is 0. The van der Waals surface area contributed by atoms with E-state index < -0.39 is 0 Å². The predicted octanol–water partition coefficient (Wildman–Crippen LogP) is 7.20. The highest BCUT2D eigenvalue weighted by Gasteiger charge is 2.28. The average Bonchev–Trinajstić information content (AvgIpc) is 2.50. The Balaban J connectivity index is 5.02. The molecule has 1 nitrogen and oxygen atoms in total. The van der Waals surface area contributed by atoms with E-state index in [-0.39, 0.29) is 0 Å². The van der Waals surface area contributed by atoms with Gasteiger partial charge in [0.15, 0.2) is 0 Å². The minimum Gasteiger partial charge on any atom is -0.374 e. The van der Waals surface area contributed by atoms with Gasteiger partial charge in [-0.05, 0) is 48.3 Å². The van der Waals surface area contributed by atoms with Gasteiger partial charge in [-0.25, -0.2) is 0 Å². The third-order valence-corrected chi connectivity index (χ3v) is 6.39. The maximum Gasteiger partial charge on any atom is 0.0607 e. The molecule has 0 fully saturated rings. The molecule has 6 unspecified atom stereocenters. The molecule has 0 amide bonds. The van der Waals surface area contributed by atoms with Gasteiger partial charge in [0.05, 0.1) is 12.2 Å². The van der Waals surface area contributed by atoms with Gasteiger partial charge < -0.3 is 4.74 Å². The maximum absolute atomic E-state index is 6.80. The molecule has 0 aliphatic heterocycles. The summed E-state index contributed by atoms with van der Waals surface area (Å²) in [6, 6.07) is 0. The van der Waals surface area contributed by atoms with Crippen LogP contribution in [-0.4, -0.2) is 12.2 Å². The number of hydrogen-bond donors (Lipinski definition) is 0. The lowest BCUT2D eigenvalue weighted by atomic mass is 9.85. The van der Waals surface area contributed by atoms with Crippen molar-refractivity contribution >= 4 is 0 Å². The molecule has 0 saturated carbocycles. The lowest BCUT2D eigenvalue weighted by Crippen LogP contribution is -2.35. The minimum atomic E-state index is 0.413. The maximum atomic E-state index is 6.80. The van der Waals surface area contributed by atoms with Gasteiger partial charge in [0.25, 0.3) is 0 Å². The number of hydrogen-bond acceptors (Lipinski definition) is 1. The molecule has 0 N–H and O–H groups in total. The molecule has 0 aromatic carbocycles. The van der Waals surface area contributed by atoms with Crippen molar-refractivity contribution in [3.63, 3.8) is 0 Å². The van der Waals surface area contributed by atoms with Crippen molar-refractivity contribution in [2.75, 3.05) is 0 Å². The quantitative estimate of drug-likeness (QED) is 0.368. The first-order valence-electron chi connectivity index (χ1n) is 10.3. The molecule has 23 heavy (non-hydrogen) atoms. The van der Waals surface area contributed by atoms with E-state index in [0.29, 0.717) is 24.0 Å². The first kappa shape index (κ1) is 23.0. The number of rotatable bonds is 12. The van der Waals surface area contributed by atoms with Crippen LogP contribution in [0.5, 0.6) is 0 Å². The smallest absolute Gasteiger partial charge is 0.0607 e. The lowest BCUT2D eigenvalue weighted by molar-refractivity contribution is -0.0849. The first-order valence-corrected chi connectivity index (χ1v) is 10.3. The third-order valence-electron chi connectivity index (χ3n) is 6.39. The monoisotopic (exact) mass is 326 g/mol. The van der Waals surface area contributed by atoms with Crippen LogP contribution in [0.25, 0.3) is 0 Å². The van der Waals surface area contributed by atoms with E-state index in [2.05, 4.69) is 69.2 Å². The molecular weight excluding hydrogens is 280 g/mol. The molecular formula is C22H46O. The van der Waals surface area contributed by atoms with Gasteiger partial charge >= 0.3 is 0 Å². The van der Waals surface area contributed by atoms with E-state index in [0.717, 1.165) is 23.7 Å². The van der Waals surface area contributed by atoms with Crippen molar-refractivity contribution in [2.24, 2.45) is 35.5 Å². The van der Waals surface area contributed by atoms with Gasteiger partial charge in [-0.15, -0.1) is 0 Å². The van der Waals surface area contributed by atoms with Crippen LogP contribution in [0.3, 0.4) is 0 Å². The Morgan fingerprint density at radius 1 is 0.522 bits per heavy atom. The van der Waals surface area contributed by atoms with Gasteiger partial charge in [-0.3, -0.25) is 0 Å². The van der Waals surface area contributed by atoms with Crippen LogP contribution in [0.1, 0.15) is 94.9 Å². The van der Waals surface area contributed by atoms with Crippen LogP contribution in [0.2, 0.25) is 0 Å². The van der Waals surface area contributed by atoms with Crippen LogP contribution < -0.4 is 0 Å². The van der Waals surface area contributed by atoms with Crippen molar-refractivity contribution in [1.29, 1.82) is 0 Å². The molecule has 0 saturated heterocycles. The zero-order valence-corrected chi connectivity index (χ0v) is 17.9. The second-order valence-corrected chi connectivity index (χ2v) is 8.90. The molecule has 0 rings (SSSR count). The Bertz CT molecular complexity index is 256. The van der Waals surface area contributed by atoms with Crippen LogP contribution in [0, 0.1) is 35.5 Å². The van der Waals surface area contributed by atoms with Crippen LogP contribution >= 0.6 is 0 Å². The molecule has 0 aliphatic rings. The molecule has 0 aromatic heterocycles. The van der Waals surface area contributed by atoms with E-state index in [1.807, 2.05) is 0 Å². The topological polar surface area (TPSA) is 9.23 Å². The molecule has 0 radical (unpaired) electrons. The van der Waals surface area contributed by atoms with Crippen LogP contribution in [0.15, 0.2) is 0 Å². The Hall–Kier alpha value is -0.0400. The average molecular weight is 327 g/mol. The minimum absolute atomic E-state index is 0.413. The summed E-state index contributed by atoms with van der Waals surface area (Å²) in [5.74, 6) is 4.24. The summed E-state index contributed by atoms with van der Waals surface area (Å²) in [5.41, 5.74) is 0. The number of ether oxygens (including phenoxy) is 1. The summed E-state index contributed by atoms with van der Waals surface area (Å²) in [7, 11) is 0. The fourth-order valence-corrected chi connectivity index (χ4v) is 2.87. The molecule has 0 spiro atoms. The van der Waals surface area contributed by atoms with Crippen molar-refractivity contribution in [2.45, 2.75) is 107 Å². The fourth-order valence-electron chi connectivity index (χ4n) is 2.87. The highest BCUT2D eigenvalue weighted by atomic mass is 16.5. The third kappa shape index (κ3) is 8.57. The second-order valence-electron chi connectivity index (χ2n) is 8.90. The van der Waals surface area contributed by atoms with Gasteiger partial charge in [-0.2, -0.15) is 0 Å². The molecule has 0 aromatic rings. The van der Waals surface area contributed by atoms with Gasteiger partial charge in [0, 0.05) is 0 Å². The summed E-state index contributed by atoms with van der Waals surface area (Å²) >= 11 is 0. The Morgan fingerprint density at radius 3 is 1.04 bits per heavy atom. The van der Waals surface area contributed by atoms with Gasteiger partial charge in [0.1, 0.15) is 0 Å². The van der Waals surface area contributed by atoms with Crippen molar-refractivity contribution in [1.82, 2.24) is 0 Å². The zero-order valence-electron chi connectivity index (χ0n) is 17.9. The van der Waals surface area contributed by atoms with E-state index in [9.17, 15) is 0 Å². The van der Waals surface area contributed by atoms with E-state index in [1.165, 1.54) is 25.7 Å². The summed E-state index contributed by atoms with van der Waals surface area (Å²) in [6.45, 7) is 23.5. The van der Waals surface area contributed by atoms with Gasteiger partial charge in [0.2, 0.25) is 0 Å². The molecule has 0 heterocycles.